The summed E-state index contributed by atoms with van der Waals surface area (Å²) < 4.78 is 0. The molecular formula is C10H19N. The Kier molecular flexibility index (Phi) is 1.39. The molecule has 11 heavy (non-hydrogen) atoms. The predicted molar refractivity (Wildman–Crippen MR) is 47.5 cm³/mol. The number of hydrogen-bond acceptors (Lipinski definition) is 1. The van der Waals surface area contributed by atoms with Gasteiger partial charge in [0.05, 0.1) is 0 Å². The van der Waals surface area contributed by atoms with E-state index in [-0.39, 0.29) is 0 Å². The summed E-state index contributed by atoms with van der Waals surface area (Å²) in [6.45, 7) is 8.36. The summed E-state index contributed by atoms with van der Waals surface area (Å²) in [6, 6.07) is 0. The Balaban J connectivity index is 1.94. The van der Waals surface area contributed by atoms with E-state index < -0.39 is 0 Å². The van der Waals surface area contributed by atoms with E-state index in [1.54, 1.807) is 0 Å². The Morgan fingerprint density at radius 2 is 2.09 bits per heavy atom. The molecule has 1 aliphatic heterocycles. The van der Waals surface area contributed by atoms with E-state index in [0.29, 0.717) is 11.0 Å². The molecule has 2 rings (SSSR count). The predicted octanol–water partition coefficient (Wildman–Crippen LogP) is 2.17. The number of nitrogens with one attached hydrogen (secondary N) is 1. The van der Waals surface area contributed by atoms with Crippen LogP contribution in [0.1, 0.15) is 40.0 Å². The second kappa shape index (κ2) is 2.01. The fraction of sp³-hybridized carbons (Fsp3) is 1.00. The molecule has 2 unspecified atom stereocenters. The van der Waals surface area contributed by atoms with Gasteiger partial charge in [-0.15, -0.1) is 0 Å². The molecular weight excluding hydrogens is 134 g/mol. The second-order valence-electron chi connectivity index (χ2n) is 5.09. The monoisotopic (exact) mass is 153 g/mol. The molecule has 0 amide bonds. The van der Waals surface area contributed by atoms with Gasteiger partial charge in [0.15, 0.2) is 0 Å². The van der Waals surface area contributed by atoms with Crippen molar-refractivity contribution in [1.82, 2.24) is 5.32 Å². The molecule has 2 atom stereocenters. The van der Waals surface area contributed by atoms with Gasteiger partial charge in [0, 0.05) is 5.54 Å². The van der Waals surface area contributed by atoms with E-state index in [4.69, 9.17) is 0 Å². The van der Waals surface area contributed by atoms with Gasteiger partial charge in [-0.25, -0.2) is 0 Å². The van der Waals surface area contributed by atoms with Crippen LogP contribution in [-0.2, 0) is 0 Å². The summed E-state index contributed by atoms with van der Waals surface area (Å²) in [5, 5.41) is 3.59. The van der Waals surface area contributed by atoms with Crippen LogP contribution in [-0.4, -0.2) is 12.1 Å². The smallest absolute Gasteiger partial charge is 0.0253 e. The van der Waals surface area contributed by atoms with E-state index in [9.17, 15) is 0 Å². The van der Waals surface area contributed by atoms with Gasteiger partial charge in [0.25, 0.3) is 0 Å². The van der Waals surface area contributed by atoms with Crippen molar-refractivity contribution in [3.8, 4) is 0 Å². The first-order valence-electron chi connectivity index (χ1n) is 4.83. The van der Waals surface area contributed by atoms with Crippen molar-refractivity contribution >= 4 is 0 Å². The minimum atomic E-state index is 0.608. The van der Waals surface area contributed by atoms with Gasteiger partial charge < -0.3 is 5.32 Å². The quantitative estimate of drug-likeness (QED) is 0.641. The van der Waals surface area contributed by atoms with Crippen LogP contribution in [0.4, 0.5) is 0 Å². The van der Waals surface area contributed by atoms with Gasteiger partial charge >= 0.3 is 0 Å². The molecule has 1 saturated carbocycles. The van der Waals surface area contributed by atoms with Gasteiger partial charge in [-0.05, 0) is 37.1 Å². The number of hydrogen-bond donors (Lipinski definition) is 1. The Hall–Kier alpha value is -0.0400. The zero-order valence-electron chi connectivity index (χ0n) is 7.91. The van der Waals surface area contributed by atoms with E-state index >= 15 is 0 Å². The van der Waals surface area contributed by atoms with Gasteiger partial charge in [-0.2, -0.15) is 0 Å². The van der Waals surface area contributed by atoms with Crippen LogP contribution in [0.5, 0.6) is 0 Å². The Morgan fingerprint density at radius 3 is 2.36 bits per heavy atom. The van der Waals surface area contributed by atoms with Crippen molar-refractivity contribution in [2.24, 2.45) is 11.3 Å². The topological polar surface area (TPSA) is 12.0 Å². The summed E-state index contributed by atoms with van der Waals surface area (Å²) in [5.41, 5.74) is 1.26. The zero-order chi connectivity index (χ0) is 8.11. The van der Waals surface area contributed by atoms with Crippen LogP contribution in [0.15, 0.2) is 0 Å². The van der Waals surface area contributed by atoms with Gasteiger partial charge in [-0.3, -0.25) is 0 Å². The third kappa shape index (κ3) is 0.936. The first-order chi connectivity index (χ1) is 5.08. The average Bonchev–Trinajstić information content (AvgIpc) is 2.32. The maximum atomic E-state index is 3.59. The molecule has 64 valence electrons. The molecule has 1 N–H and O–H groups in total. The first kappa shape index (κ1) is 7.60. The first-order valence-corrected chi connectivity index (χ1v) is 4.83. The maximum Gasteiger partial charge on any atom is 0.0253 e. The molecule has 1 heteroatoms. The second-order valence-corrected chi connectivity index (χ2v) is 5.09. The van der Waals surface area contributed by atoms with Crippen molar-refractivity contribution in [3.63, 3.8) is 0 Å². The summed E-state index contributed by atoms with van der Waals surface area (Å²) in [5.74, 6) is 0.863. The van der Waals surface area contributed by atoms with Gasteiger partial charge in [-0.1, -0.05) is 20.8 Å². The normalized spacial score (nSPS) is 48.0. The summed E-state index contributed by atoms with van der Waals surface area (Å²) >= 11 is 0. The Morgan fingerprint density at radius 1 is 1.45 bits per heavy atom. The lowest BCUT2D eigenvalue weighted by molar-refractivity contribution is 0.244. The Bertz CT molecular complexity index is 170. The molecule has 2 fully saturated rings. The van der Waals surface area contributed by atoms with E-state index in [1.165, 1.54) is 25.8 Å². The maximum absolute atomic E-state index is 3.59. The zero-order valence-corrected chi connectivity index (χ0v) is 7.91. The third-order valence-electron chi connectivity index (χ3n) is 3.60. The molecule has 0 aromatic heterocycles. The summed E-state index contributed by atoms with van der Waals surface area (Å²) in [6.07, 6.45) is 4.26. The highest BCUT2D eigenvalue weighted by Crippen LogP contribution is 2.63. The van der Waals surface area contributed by atoms with Gasteiger partial charge in [0.1, 0.15) is 0 Å². The van der Waals surface area contributed by atoms with E-state index in [1.807, 2.05) is 0 Å². The molecule has 0 bridgehead atoms. The van der Waals surface area contributed by atoms with Crippen LogP contribution >= 0.6 is 0 Å². The SMILES string of the molecule is CC(C)CC1(C)CC12CCN2. The highest BCUT2D eigenvalue weighted by Gasteiger charge is 2.66. The lowest BCUT2D eigenvalue weighted by atomic mass is 9.87. The molecule has 0 aromatic rings. The van der Waals surface area contributed by atoms with E-state index in [2.05, 4.69) is 26.1 Å². The molecule has 1 spiro atoms. The van der Waals surface area contributed by atoms with E-state index in [0.717, 1.165) is 5.92 Å². The summed E-state index contributed by atoms with van der Waals surface area (Å²) in [4.78, 5) is 0. The molecule has 1 nitrogen and oxygen atoms in total. The van der Waals surface area contributed by atoms with Crippen LogP contribution in [0.3, 0.4) is 0 Å². The fourth-order valence-corrected chi connectivity index (χ4v) is 2.88. The highest BCUT2D eigenvalue weighted by molar-refractivity contribution is 5.23. The van der Waals surface area contributed by atoms with Gasteiger partial charge in [0.2, 0.25) is 0 Å². The van der Waals surface area contributed by atoms with Crippen LogP contribution in [0.2, 0.25) is 0 Å². The Labute approximate surface area is 69.6 Å². The molecule has 2 aliphatic rings. The molecule has 1 saturated heterocycles. The molecule has 1 heterocycles. The minimum Gasteiger partial charge on any atom is -0.311 e. The lowest BCUT2D eigenvalue weighted by Gasteiger charge is -2.33. The summed E-state index contributed by atoms with van der Waals surface area (Å²) in [7, 11) is 0. The minimum absolute atomic E-state index is 0.608. The van der Waals surface area contributed by atoms with Crippen molar-refractivity contribution in [1.29, 1.82) is 0 Å². The van der Waals surface area contributed by atoms with Crippen molar-refractivity contribution in [2.45, 2.75) is 45.6 Å². The van der Waals surface area contributed by atoms with Crippen LogP contribution < -0.4 is 5.32 Å². The number of rotatable bonds is 2. The molecule has 0 radical (unpaired) electrons. The molecule has 0 aromatic carbocycles. The standard InChI is InChI=1S/C10H19N/c1-8(2)6-9(3)7-10(9)4-5-11-10/h8,11H,4-7H2,1-3H3. The highest BCUT2D eigenvalue weighted by atomic mass is 15.1. The van der Waals surface area contributed by atoms with Crippen LogP contribution in [0.25, 0.3) is 0 Å². The fourth-order valence-electron chi connectivity index (χ4n) is 2.88. The largest absolute Gasteiger partial charge is 0.311 e. The van der Waals surface area contributed by atoms with Crippen molar-refractivity contribution in [2.75, 3.05) is 6.54 Å². The van der Waals surface area contributed by atoms with Crippen molar-refractivity contribution < 1.29 is 0 Å². The molecule has 1 aliphatic carbocycles. The average molecular weight is 153 g/mol. The van der Waals surface area contributed by atoms with Crippen molar-refractivity contribution in [3.05, 3.63) is 0 Å². The van der Waals surface area contributed by atoms with Crippen LogP contribution in [0, 0.1) is 11.3 Å². The lowest BCUT2D eigenvalue weighted by Crippen LogP contribution is -2.49. The third-order valence-corrected chi connectivity index (χ3v) is 3.60.